The molecule has 54 heavy (non-hydrogen) atoms. The van der Waals surface area contributed by atoms with Crippen LogP contribution < -0.4 is 4.90 Å². The third kappa shape index (κ3) is 15.1. The zero-order chi connectivity index (χ0) is 41.1. The van der Waals surface area contributed by atoms with Gasteiger partial charge in [0.1, 0.15) is 12.6 Å². The second kappa shape index (κ2) is 23.1. The van der Waals surface area contributed by atoms with Gasteiger partial charge in [-0.25, -0.2) is 4.79 Å². The van der Waals surface area contributed by atoms with Gasteiger partial charge < -0.3 is 19.3 Å². The number of fused-ring (bicyclic) bond motifs is 2. The molecule has 0 N–H and O–H groups in total. The number of imide groups is 2. The highest BCUT2D eigenvalue weighted by molar-refractivity contribution is 6.13. The quantitative estimate of drug-likeness (QED) is 0.202. The van der Waals surface area contributed by atoms with Crippen molar-refractivity contribution in [1.29, 1.82) is 0 Å². The highest BCUT2D eigenvalue weighted by Crippen LogP contribution is 2.26. The maximum absolute atomic E-state index is 12.6. The van der Waals surface area contributed by atoms with Gasteiger partial charge in [-0.05, 0) is 37.6 Å². The van der Waals surface area contributed by atoms with Crippen molar-refractivity contribution >= 4 is 53.8 Å². The third-order valence-corrected chi connectivity index (χ3v) is 7.19. The molecule has 3 aliphatic rings. The van der Waals surface area contributed by atoms with E-state index in [-0.39, 0.29) is 60.3 Å². The second-order valence-corrected chi connectivity index (χ2v) is 13.9. The van der Waals surface area contributed by atoms with E-state index in [4.69, 9.17) is 0 Å². The van der Waals surface area contributed by atoms with E-state index in [9.17, 15) is 38.4 Å². The van der Waals surface area contributed by atoms with Crippen LogP contribution >= 0.6 is 0 Å². The van der Waals surface area contributed by atoms with Crippen molar-refractivity contribution in [1.82, 2.24) is 9.96 Å². The minimum Gasteiger partial charge on any atom is -0.330 e. The normalized spacial score (nSPS) is 13.9. The monoisotopic (exact) mass is 743 g/mol. The van der Waals surface area contributed by atoms with Crippen molar-refractivity contribution in [3.05, 3.63) is 77.4 Å². The van der Waals surface area contributed by atoms with E-state index >= 15 is 0 Å². The van der Waals surface area contributed by atoms with Gasteiger partial charge in [-0.15, -0.1) is 5.06 Å². The summed E-state index contributed by atoms with van der Waals surface area (Å²) in [5.41, 5.74) is 3.89. The van der Waals surface area contributed by atoms with Crippen molar-refractivity contribution in [2.45, 2.75) is 94.7 Å². The van der Waals surface area contributed by atoms with Crippen LogP contribution in [-0.2, 0) is 49.7 Å². The summed E-state index contributed by atoms with van der Waals surface area (Å²) in [6.07, 6.45) is 4.68. The topological polar surface area (TPSA) is 156 Å². The number of hydrogen-bond donors (Lipinski definition) is 0. The lowest BCUT2D eigenvalue weighted by atomic mass is 10.0. The van der Waals surface area contributed by atoms with Crippen molar-refractivity contribution < 1.29 is 43.2 Å². The fraction of sp³-hybridized carbons (Fsp3) is 0.429. The lowest BCUT2D eigenvalue weighted by molar-refractivity contribution is -0.199. The number of amides is 5. The van der Waals surface area contributed by atoms with E-state index < -0.39 is 17.8 Å². The first-order valence-corrected chi connectivity index (χ1v) is 17.9. The Kier molecular flexibility index (Phi) is 19.8. The van der Waals surface area contributed by atoms with Crippen molar-refractivity contribution in [3.63, 3.8) is 0 Å². The van der Waals surface area contributed by atoms with Gasteiger partial charge in [-0.2, -0.15) is 0 Å². The smallest absolute Gasteiger partial charge is 0.330 e. The van der Waals surface area contributed by atoms with Gasteiger partial charge >= 0.3 is 5.97 Å². The van der Waals surface area contributed by atoms with Gasteiger partial charge in [-0.1, -0.05) is 97.6 Å². The first kappa shape index (κ1) is 46.3. The minimum atomic E-state index is -0.566. The Bertz CT molecular complexity index is 1700. The molecule has 290 valence electrons. The molecule has 1 saturated heterocycles. The van der Waals surface area contributed by atoms with Gasteiger partial charge in [0.05, 0.1) is 18.2 Å². The lowest BCUT2D eigenvalue weighted by Crippen LogP contribution is -2.36. The molecule has 0 aromatic heterocycles. The molecular formula is C42H53N3O9. The second-order valence-electron chi connectivity index (χ2n) is 13.9. The fourth-order valence-corrected chi connectivity index (χ4v) is 4.27. The fourth-order valence-electron chi connectivity index (χ4n) is 4.27. The Hall–Kier alpha value is -5.70. The molecule has 0 saturated carbocycles. The number of carbonyl (C=O) groups is 8. The van der Waals surface area contributed by atoms with E-state index in [2.05, 4.69) is 16.7 Å². The molecule has 12 heteroatoms. The van der Waals surface area contributed by atoms with E-state index in [1.54, 1.807) is 13.8 Å². The number of para-hydroxylation sites is 1. The summed E-state index contributed by atoms with van der Waals surface area (Å²) >= 11 is 0. The molecular weight excluding hydrogens is 690 g/mol. The lowest BCUT2D eigenvalue weighted by Gasteiger charge is -2.27. The first-order chi connectivity index (χ1) is 25.4. The van der Waals surface area contributed by atoms with Gasteiger partial charge in [0.2, 0.25) is 5.91 Å². The zero-order valence-corrected chi connectivity index (χ0v) is 33.0. The standard InChI is InChI=1S/C19H17NO.C8H11NO4.C7H9NO2.2C4H8O/c1-14(2)19(21)20-13-17-9-4-3-7-15(17)11-12-16-8-5-6-10-18(16)20;1-5(2)8(12)13-9-6(10)3-4-7(9)11;1-5(2)8-6(9)3-4-7(8)10;2*1-4(2)3-5/h3-10,14H,13H2,1-2H3;5H,3-4H2,1-2H3;3-5H,1-2H3;2*3-4H,1-2H3. The van der Waals surface area contributed by atoms with E-state index in [0.29, 0.717) is 11.6 Å². The largest absolute Gasteiger partial charge is 0.335 e. The summed E-state index contributed by atoms with van der Waals surface area (Å²) in [6, 6.07) is 15.8. The average molecular weight is 744 g/mol. The van der Waals surface area contributed by atoms with Crippen LogP contribution in [0.3, 0.4) is 0 Å². The Morgan fingerprint density at radius 2 is 1.11 bits per heavy atom. The van der Waals surface area contributed by atoms with Crippen molar-refractivity contribution in [2.75, 3.05) is 4.90 Å². The zero-order valence-electron chi connectivity index (χ0n) is 33.0. The summed E-state index contributed by atoms with van der Waals surface area (Å²) in [5, 5.41) is 0.558. The predicted molar refractivity (Wildman–Crippen MR) is 205 cm³/mol. The number of anilines is 1. The van der Waals surface area contributed by atoms with Gasteiger partial charge in [0.25, 0.3) is 23.6 Å². The van der Waals surface area contributed by atoms with Gasteiger partial charge in [0, 0.05) is 59.9 Å². The molecule has 2 aromatic carbocycles. The number of nitrogens with zero attached hydrogens (tertiary/aromatic N) is 3. The van der Waals surface area contributed by atoms with E-state index in [0.717, 1.165) is 35.0 Å². The number of hydroxylamine groups is 2. The van der Waals surface area contributed by atoms with Gasteiger partial charge in [0.15, 0.2) is 0 Å². The van der Waals surface area contributed by atoms with Crippen LogP contribution in [0.15, 0.2) is 60.7 Å². The van der Waals surface area contributed by atoms with Crippen LogP contribution in [0.4, 0.5) is 5.69 Å². The van der Waals surface area contributed by atoms with Crippen molar-refractivity contribution in [2.24, 2.45) is 23.7 Å². The predicted octanol–water partition coefficient (Wildman–Crippen LogP) is 5.84. The molecule has 5 amide bonds. The average Bonchev–Trinajstić information content (AvgIpc) is 3.64. The molecule has 0 atom stereocenters. The first-order valence-electron chi connectivity index (χ1n) is 17.9. The van der Waals surface area contributed by atoms with E-state index in [1.165, 1.54) is 17.1 Å². The molecule has 5 rings (SSSR count). The SMILES string of the molecule is CC(C)C(=O)N1Cc2ccccc2C#Cc2ccccc21.CC(C)C(=O)ON1C(=O)CCC1=O.CC(C)C=O.CC(C)C=O.CC(C)N1C(=O)C=CC1=O. The van der Waals surface area contributed by atoms with Gasteiger partial charge in [-0.3, -0.25) is 28.9 Å². The minimum absolute atomic E-state index is 0.0324. The Morgan fingerprint density at radius 1 is 0.667 bits per heavy atom. The molecule has 12 nitrogen and oxygen atoms in total. The molecule has 2 aromatic rings. The molecule has 3 aliphatic heterocycles. The molecule has 0 unspecified atom stereocenters. The van der Waals surface area contributed by atoms with Crippen LogP contribution in [0.2, 0.25) is 0 Å². The van der Waals surface area contributed by atoms with Crippen LogP contribution in [-0.4, -0.2) is 64.1 Å². The van der Waals surface area contributed by atoms with Crippen molar-refractivity contribution in [3.8, 4) is 11.8 Å². The number of carbonyl (C=O) groups excluding carboxylic acids is 8. The number of benzene rings is 2. The summed E-state index contributed by atoms with van der Waals surface area (Å²) in [7, 11) is 0. The number of aldehydes is 2. The molecule has 0 spiro atoms. The van der Waals surface area contributed by atoms with Crippen LogP contribution in [0.1, 0.15) is 98.8 Å². The molecule has 0 radical (unpaired) electrons. The molecule has 1 fully saturated rings. The third-order valence-electron chi connectivity index (χ3n) is 7.19. The number of rotatable bonds is 6. The van der Waals surface area contributed by atoms with Crippen LogP contribution in [0.5, 0.6) is 0 Å². The Labute approximate surface area is 318 Å². The number of hydrogen-bond acceptors (Lipinski definition) is 9. The van der Waals surface area contributed by atoms with Crippen LogP contribution in [0, 0.1) is 35.5 Å². The summed E-state index contributed by atoms with van der Waals surface area (Å²) in [4.78, 5) is 93.9. The summed E-state index contributed by atoms with van der Waals surface area (Å²) in [6.45, 7) is 18.7. The Balaban J connectivity index is 0.000000379. The molecule has 0 bridgehead atoms. The van der Waals surface area contributed by atoms with E-state index in [1.807, 2.05) is 109 Å². The summed E-state index contributed by atoms with van der Waals surface area (Å²) < 4.78 is 0. The van der Waals surface area contributed by atoms with Crippen LogP contribution in [0.25, 0.3) is 0 Å². The maximum Gasteiger partial charge on any atom is 0.335 e. The highest BCUT2D eigenvalue weighted by atomic mass is 16.7. The Morgan fingerprint density at radius 3 is 1.54 bits per heavy atom. The molecule has 3 heterocycles. The summed E-state index contributed by atoms with van der Waals surface area (Å²) in [5.74, 6) is 4.69. The molecule has 0 aliphatic carbocycles. The highest BCUT2D eigenvalue weighted by Gasteiger charge is 2.33. The maximum atomic E-state index is 12.6.